The zero-order chi connectivity index (χ0) is 27.1. The van der Waals surface area contributed by atoms with Crippen LogP contribution in [0.25, 0.3) is 11.1 Å². The number of pyridine rings is 1. The van der Waals surface area contributed by atoms with Gasteiger partial charge in [0.25, 0.3) is 0 Å². The zero-order valence-corrected chi connectivity index (χ0v) is 22.7. The van der Waals surface area contributed by atoms with E-state index >= 15 is 0 Å². The lowest BCUT2D eigenvalue weighted by molar-refractivity contribution is 0.0600. The molecule has 9 heteroatoms. The maximum atomic E-state index is 13.7. The number of nitrogens with one attached hydrogen (secondary N) is 1. The monoisotopic (exact) mass is 541 g/mol. The van der Waals surface area contributed by atoms with Crippen LogP contribution >= 0.6 is 11.6 Å². The van der Waals surface area contributed by atoms with Crippen molar-refractivity contribution in [3.63, 3.8) is 0 Å². The molecule has 0 radical (unpaired) electrons. The molecule has 0 aliphatic carbocycles. The van der Waals surface area contributed by atoms with E-state index in [1.54, 1.807) is 18.2 Å². The van der Waals surface area contributed by atoms with Crippen molar-refractivity contribution in [1.29, 1.82) is 0 Å². The van der Waals surface area contributed by atoms with Crippen LogP contribution in [0.2, 0.25) is 5.15 Å². The van der Waals surface area contributed by atoms with Crippen molar-refractivity contribution in [3.05, 3.63) is 70.6 Å². The van der Waals surface area contributed by atoms with Gasteiger partial charge in [0.15, 0.2) is 0 Å². The topological polar surface area (TPSA) is 72.9 Å². The van der Waals surface area contributed by atoms with Crippen LogP contribution in [0.5, 0.6) is 11.5 Å². The van der Waals surface area contributed by atoms with Crippen molar-refractivity contribution in [2.75, 3.05) is 38.3 Å². The van der Waals surface area contributed by atoms with Gasteiger partial charge in [0.05, 0.1) is 31.5 Å². The summed E-state index contributed by atoms with van der Waals surface area (Å²) in [6.45, 7) is 7.01. The minimum atomic E-state index is -0.471. The minimum absolute atomic E-state index is 0.176. The highest BCUT2D eigenvalue weighted by molar-refractivity contribution is 6.29. The summed E-state index contributed by atoms with van der Waals surface area (Å²) in [6, 6.07) is 13.7. The molecule has 38 heavy (non-hydrogen) atoms. The molecule has 202 valence electrons. The number of methoxy groups -OCH3 is 1. The molecule has 4 rings (SSSR count). The van der Waals surface area contributed by atoms with E-state index < -0.39 is 5.97 Å². The van der Waals surface area contributed by atoms with Gasteiger partial charge >= 0.3 is 5.97 Å². The number of rotatable bonds is 10. The second-order valence-electron chi connectivity index (χ2n) is 8.98. The summed E-state index contributed by atoms with van der Waals surface area (Å²) in [5.41, 5.74) is 2.87. The summed E-state index contributed by atoms with van der Waals surface area (Å²) in [5.74, 6) is 1.13. The second-order valence-corrected chi connectivity index (χ2v) is 9.36. The van der Waals surface area contributed by atoms with Crippen molar-refractivity contribution < 1.29 is 23.4 Å². The fourth-order valence-corrected chi connectivity index (χ4v) is 4.96. The lowest BCUT2D eigenvalue weighted by atomic mass is 9.99. The van der Waals surface area contributed by atoms with Crippen LogP contribution in [0.4, 0.5) is 10.2 Å². The molecule has 0 amide bonds. The van der Waals surface area contributed by atoms with Gasteiger partial charge in [-0.2, -0.15) is 0 Å². The van der Waals surface area contributed by atoms with E-state index in [-0.39, 0.29) is 17.0 Å². The van der Waals surface area contributed by atoms with Gasteiger partial charge in [-0.15, -0.1) is 0 Å². The first kappa shape index (κ1) is 27.7. The largest absolute Gasteiger partial charge is 0.493 e. The smallest absolute Gasteiger partial charge is 0.338 e. The van der Waals surface area contributed by atoms with E-state index in [1.165, 1.54) is 25.3 Å². The van der Waals surface area contributed by atoms with Gasteiger partial charge in [-0.3, -0.25) is 0 Å². The summed E-state index contributed by atoms with van der Waals surface area (Å²) in [7, 11) is 1.34. The lowest BCUT2D eigenvalue weighted by Crippen LogP contribution is -2.43. The predicted molar refractivity (Wildman–Crippen MR) is 147 cm³/mol. The lowest BCUT2D eigenvalue weighted by Gasteiger charge is -2.36. The van der Waals surface area contributed by atoms with Crippen molar-refractivity contribution in [2.45, 2.75) is 39.3 Å². The van der Waals surface area contributed by atoms with Gasteiger partial charge in [0, 0.05) is 12.6 Å². The number of hydrogen-bond donors (Lipinski definition) is 1. The first-order valence-corrected chi connectivity index (χ1v) is 13.2. The van der Waals surface area contributed by atoms with Gasteiger partial charge in [-0.1, -0.05) is 23.7 Å². The van der Waals surface area contributed by atoms with Crippen LogP contribution < -0.4 is 19.7 Å². The molecular weight excluding hydrogens is 509 g/mol. The first-order chi connectivity index (χ1) is 18.4. The molecule has 0 atom stereocenters. The Bertz CT molecular complexity index is 1220. The molecule has 1 saturated heterocycles. The third-order valence-electron chi connectivity index (χ3n) is 6.46. The summed E-state index contributed by atoms with van der Waals surface area (Å²) >= 11 is 6.35. The Morgan fingerprint density at radius 3 is 2.26 bits per heavy atom. The molecule has 0 spiro atoms. The Hall–Kier alpha value is -3.36. The number of piperidine rings is 1. The Morgan fingerprint density at radius 1 is 1.05 bits per heavy atom. The number of carbonyl (C=O) groups excluding carboxylic acids is 1. The number of ether oxygens (including phenoxy) is 3. The van der Waals surface area contributed by atoms with Gasteiger partial charge in [-0.05, 0) is 87.3 Å². The number of hydrogen-bond acceptors (Lipinski definition) is 7. The van der Waals surface area contributed by atoms with Crippen molar-refractivity contribution >= 4 is 23.4 Å². The highest BCUT2D eigenvalue weighted by Gasteiger charge is 2.25. The molecule has 7 nitrogen and oxygen atoms in total. The van der Waals surface area contributed by atoms with Crippen LogP contribution in [0.15, 0.2) is 48.5 Å². The molecule has 3 aromatic rings. The molecule has 2 aromatic carbocycles. The summed E-state index contributed by atoms with van der Waals surface area (Å²) < 4.78 is 30.7. The van der Waals surface area contributed by atoms with Crippen LogP contribution in [-0.2, 0) is 11.3 Å². The van der Waals surface area contributed by atoms with E-state index in [2.05, 4.69) is 15.2 Å². The second kappa shape index (κ2) is 12.9. The van der Waals surface area contributed by atoms with Crippen molar-refractivity contribution in [1.82, 2.24) is 10.3 Å². The fourth-order valence-electron chi connectivity index (χ4n) is 4.75. The first-order valence-electron chi connectivity index (χ1n) is 12.8. The molecule has 0 unspecified atom stereocenters. The Morgan fingerprint density at radius 2 is 1.68 bits per heavy atom. The number of nitrogens with zero attached hydrogens (tertiary/aromatic N) is 2. The summed E-state index contributed by atoms with van der Waals surface area (Å²) in [6.07, 6.45) is 1.82. The number of esters is 1. The van der Waals surface area contributed by atoms with Crippen LogP contribution in [0.3, 0.4) is 0 Å². The van der Waals surface area contributed by atoms with E-state index in [0.717, 1.165) is 42.6 Å². The van der Waals surface area contributed by atoms with Gasteiger partial charge in [0.2, 0.25) is 0 Å². The Balaban J connectivity index is 1.79. The quantitative estimate of drug-likeness (QED) is 0.254. The van der Waals surface area contributed by atoms with Crippen molar-refractivity contribution in [2.24, 2.45) is 0 Å². The highest BCUT2D eigenvalue weighted by atomic mass is 35.5. The Labute approximate surface area is 227 Å². The van der Waals surface area contributed by atoms with E-state index in [1.807, 2.05) is 26.0 Å². The summed E-state index contributed by atoms with van der Waals surface area (Å²) in [4.78, 5) is 19.1. The third-order valence-corrected chi connectivity index (χ3v) is 6.65. The normalized spacial score (nSPS) is 13.7. The summed E-state index contributed by atoms with van der Waals surface area (Å²) in [5, 5.41) is 3.62. The number of carbonyl (C=O) groups is 1. The predicted octanol–water partition coefficient (Wildman–Crippen LogP) is 5.88. The maximum absolute atomic E-state index is 13.7. The molecule has 1 N–H and O–H groups in total. The number of benzene rings is 2. The number of aromatic nitrogens is 1. The fraction of sp³-hybridized carbons (Fsp3) is 0.379. The van der Waals surface area contributed by atoms with Gasteiger partial charge in [0.1, 0.15) is 28.3 Å². The SMILES string of the molecule is CCOc1cc(CN(c2cc(C(=O)OC)cc(Cl)n2)C2CCNCC2)cc(OCC)c1-c1ccc(F)cc1. The minimum Gasteiger partial charge on any atom is -0.493 e. The zero-order valence-electron chi connectivity index (χ0n) is 21.9. The molecule has 1 aromatic heterocycles. The average molecular weight is 542 g/mol. The van der Waals surface area contributed by atoms with Crippen LogP contribution in [-0.4, -0.2) is 50.4 Å². The molecule has 2 heterocycles. The Kier molecular flexibility index (Phi) is 9.42. The van der Waals surface area contributed by atoms with E-state index in [0.29, 0.717) is 42.6 Å². The van der Waals surface area contributed by atoms with E-state index in [9.17, 15) is 9.18 Å². The molecule has 1 aliphatic heterocycles. The van der Waals surface area contributed by atoms with Gasteiger partial charge < -0.3 is 24.4 Å². The number of halogens is 2. The molecule has 0 saturated carbocycles. The van der Waals surface area contributed by atoms with E-state index in [4.69, 9.17) is 25.8 Å². The third kappa shape index (κ3) is 6.55. The highest BCUT2D eigenvalue weighted by Crippen LogP contribution is 2.41. The van der Waals surface area contributed by atoms with Crippen molar-refractivity contribution in [3.8, 4) is 22.6 Å². The average Bonchev–Trinajstić information content (AvgIpc) is 2.92. The molecule has 0 bridgehead atoms. The molecular formula is C29H33ClFN3O4. The maximum Gasteiger partial charge on any atom is 0.338 e. The van der Waals surface area contributed by atoms with Crippen LogP contribution in [0, 0.1) is 5.82 Å². The standard InChI is InChI=1S/C29H33ClFN3O4/c1-4-37-24-14-19(15-25(38-5-2)28(24)20-6-8-22(31)9-7-20)18-34(23-10-12-32-13-11-23)27-17-21(29(35)36-3)16-26(30)33-27/h6-9,14-17,23,32H,4-5,10-13,18H2,1-3H3. The molecule has 1 aliphatic rings. The molecule has 1 fully saturated rings. The van der Waals surface area contributed by atoms with Gasteiger partial charge in [-0.25, -0.2) is 14.2 Å². The van der Waals surface area contributed by atoms with Crippen LogP contribution in [0.1, 0.15) is 42.6 Å². The number of anilines is 1.